The Kier molecular flexibility index (Phi) is 4.57. The summed E-state index contributed by atoms with van der Waals surface area (Å²) in [4.78, 5) is 16.1. The number of ether oxygens (including phenoxy) is 2. The first-order valence-electron chi connectivity index (χ1n) is 5.78. The van der Waals surface area contributed by atoms with Gasteiger partial charge in [0.05, 0.1) is 14.2 Å². The van der Waals surface area contributed by atoms with Gasteiger partial charge in [0, 0.05) is 23.6 Å². The molecule has 0 saturated carbocycles. The first-order chi connectivity index (χ1) is 9.65. The summed E-state index contributed by atoms with van der Waals surface area (Å²) < 4.78 is 11.1. The number of halogens is 1. The van der Waals surface area contributed by atoms with Crippen molar-refractivity contribution in [3.05, 3.63) is 46.7 Å². The van der Waals surface area contributed by atoms with E-state index in [1.807, 2.05) is 0 Å². The Morgan fingerprint density at radius 3 is 2.20 bits per heavy atom. The number of nitrogens with zero attached hydrogens (tertiary/aromatic N) is 1. The molecule has 0 radical (unpaired) electrons. The first kappa shape index (κ1) is 14.3. The molecule has 1 amide bonds. The molecule has 0 aliphatic heterocycles. The van der Waals surface area contributed by atoms with Crippen LogP contribution in [-0.4, -0.2) is 25.1 Å². The Labute approximate surface area is 125 Å². The quantitative estimate of drug-likeness (QED) is 0.931. The number of anilines is 1. The molecule has 6 heteroatoms. The molecule has 1 N–H and O–H groups in total. The van der Waals surface area contributed by atoms with Gasteiger partial charge in [0.25, 0.3) is 5.91 Å². The second kappa shape index (κ2) is 6.38. The van der Waals surface area contributed by atoms with E-state index < -0.39 is 0 Å². The van der Waals surface area contributed by atoms with Gasteiger partial charge in [0.1, 0.15) is 16.0 Å². The zero-order chi connectivity index (χ0) is 14.5. The van der Waals surface area contributed by atoms with Crippen molar-refractivity contribution in [3.8, 4) is 11.5 Å². The van der Waals surface area contributed by atoms with Crippen LogP contribution in [0, 0.1) is 0 Å². The van der Waals surface area contributed by atoms with Crippen molar-refractivity contribution in [2.75, 3.05) is 19.5 Å². The average molecular weight is 337 g/mol. The van der Waals surface area contributed by atoms with Gasteiger partial charge in [0.2, 0.25) is 0 Å². The summed E-state index contributed by atoms with van der Waals surface area (Å²) in [5.41, 5.74) is 1.12. The summed E-state index contributed by atoms with van der Waals surface area (Å²) in [5, 5.41) is 2.77. The molecular weight excluding hydrogens is 324 g/mol. The molecular formula is C14H13BrN2O3. The summed E-state index contributed by atoms with van der Waals surface area (Å²) in [6, 6.07) is 6.71. The zero-order valence-corrected chi connectivity index (χ0v) is 12.6. The lowest BCUT2D eigenvalue weighted by molar-refractivity contribution is 0.102. The fourth-order valence-corrected chi connectivity index (χ4v) is 2.19. The molecule has 0 aliphatic rings. The molecule has 0 saturated heterocycles. The van der Waals surface area contributed by atoms with Gasteiger partial charge in [-0.25, -0.2) is 0 Å². The fourth-order valence-electron chi connectivity index (χ4n) is 1.64. The maximum atomic E-state index is 12.2. The van der Waals surface area contributed by atoms with Crippen LogP contribution in [0.5, 0.6) is 11.5 Å². The fraction of sp³-hybridized carbons (Fsp3) is 0.143. The van der Waals surface area contributed by atoms with E-state index in [0.717, 1.165) is 0 Å². The Balaban J connectivity index is 2.30. The molecule has 1 heterocycles. The van der Waals surface area contributed by atoms with Crippen molar-refractivity contribution < 1.29 is 14.3 Å². The predicted octanol–water partition coefficient (Wildman–Crippen LogP) is 3.11. The van der Waals surface area contributed by atoms with Crippen molar-refractivity contribution in [2.45, 2.75) is 0 Å². The maximum Gasteiger partial charge on any atom is 0.255 e. The van der Waals surface area contributed by atoms with Crippen molar-refractivity contribution in [1.29, 1.82) is 0 Å². The van der Waals surface area contributed by atoms with Gasteiger partial charge < -0.3 is 14.8 Å². The van der Waals surface area contributed by atoms with E-state index in [9.17, 15) is 4.79 Å². The number of aromatic nitrogens is 1. The molecule has 0 bridgehead atoms. The third kappa shape index (κ3) is 3.08. The van der Waals surface area contributed by atoms with Gasteiger partial charge in [-0.3, -0.25) is 9.78 Å². The van der Waals surface area contributed by atoms with Gasteiger partial charge in [-0.05, 0) is 40.2 Å². The molecule has 0 unspecified atom stereocenters. The van der Waals surface area contributed by atoms with E-state index >= 15 is 0 Å². The van der Waals surface area contributed by atoms with Crippen molar-refractivity contribution in [1.82, 2.24) is 4.98 Å². The van der Waals surface area contributed by atoms with Gasteiger partial charge in [-0.2, -0.15) is 0 Å². The molecule has 0 spiro atoms. The van der Waals surface area contributed by atoms with E-state index in [1.165, 1.54) is 14.2 Å². The monoisotopic (exact) mass is 336 g/mol. The first-order valence-corrected chi connectivity index (χ1v) is 6.58. The summed E-state index contributed by atoms with van der Waals surface area (Å²) in [6.07, 6.45) is 3.22. The van der Waals surface area contributed by atoms with Gasteiger partial charge in [-0.15, -0.1) is 0 Å². The molecule has 104 valence electrons. The van der Waals surface area contributed by atoms with E-state index in [0.29, 0.717) is 27.2 Å². The molecule has 0 atom stereocenters. The second-order valence-corrected chi connectivity index (χ2v) is 4.68. The standard InChI is InChI=1S/C14H13BrN2O3/c1-19-11-7-9(8-12(20-2)13(11)15)14(18)17-10-3-5-16-6-4-10/h3-8H,1-2H3,(H,16,17,18). The molecule has 2 rings (SSSR count). The Morgan fingerprint density at radius 2 is 1.70 bits per heavy atom. The summed E-state index contributed by atoms with van der Waals surface area (Å²) in [6.45, 7) is 0. The van der Waals surface area contributed by atoms with E-state index in [4.69, 9.17) is 9.47 Å². The number of benzene rings is 1. The summed E-state index contributed by atoms with van der Waals surface area (Å²) >= 11 is 3.36. The lowest BCUT2D eigenvalue weighted by Gasteiger charge is -2.11. The lowest BCUT2D eigenvalue weighted by Crippen LogP contribution is -2.12. The summed E-state index contributed by atoms with van der Waals surface area (Å²) in [5.74, 6) is 0.814. The third-order valence-corrected chi connectivity index (χ3v) is 3.43. The van der Waals surface area contributed by atoms with E-state index in [2.05, 4.69) is 26.2 Å². The number of hydrogen-bond acceptors (Lipinski definition) is 4. The van der Waals surface area contributed by atoms with Crippen LogP contribution in [0.4, 0.5) is 5.69 Å². The van der Waals surface area contributed by atoms with Crippen LogP contribution in [0.3, 0.4) is 0 Å². The Hall–Kier alpha value is -2.08. The number of carbonyl (C=O) groups is 1. The van der Waals surface area contributed by atoms with Crippen molar-refractivity contribution >= 4 is 27.5 Å². The number of hydrogen-bond donors (Lipinski definition) is 1. The molecule has 0 aliphatic carbocycles. The predicted molar refractivity (Wildman–Crippen MR) is 79.4 cm³/mol. The van der Waals surface area contributed by atoms with Crippen LogP contribution in [0.1, 0.15) is 10.4 Å². The Bertz CT molecular complexity index is 592. The average Bonchev–Trinajstić information content (AvgIpc) is 2.48. The van der Waals surface area contributed by atoms with Crippen LogP contribution in [0.15, 0.2) is 41.1 Å². The minimum Gasteiger partial charge on any atom is -0.495 e. The third-order valence-electron chi connectivity index (χ3n) is 2.65. The zero-order valence-electron chi connectivity index (χ0n) is 11.0. The lowest BCUT2D eigenvalue weighted by atomic mass is 10.2. The highest BCUT2D eigenvalue weighted by molar-refractivity contribution is 9.10. The van der Waals surface area contributed by atoms with Crippen LogP contribution >= 0.6 is 15.9 Å². The molecule has 1 aromatic heterocycles. The molecule has 5 nitrogen and oxygen atoms in total. The number of methoxy groups -OCH3 is 2. The van der Waals surface area contributed by atoms with Crippen molar-refractivity contribution in [3.63, 3.8) is 0 Å². The highest BCUT2D eigenvalue weighted by Gasteiger charge is 2.14. The van der Waals surface area contributed by atoms with Crippen LogP contribution in [-0.2, 0) is 0 Å². The molecule has 2 aromatic rings. The molecule has 0 fully saturated rings. The number of pyridine rings is 1. The molecule has 1 aromatic carbocycles. The number of nitrogens with one attached hydrogen (secondary N) is 1. The minimum absolute atomic E-state index is 0.250. The largest absolute Gasteiger partial charge is 0.495 e. The smallest absolute Gasteiger partial charge is 0.255 e. The number of amides is 1. The highest BCUT2D eigenvalue weighted by atomic mass is 79.9. The SMILES string of the molecule is COc1cc(C(=O)Nc2ccncc2)cc(OC)c1Br. The topological polar surface area (TPSA) is 60.5 Å². The minimum atomic E-state index is -0.250. The number of rotatable bonds is 4. The highest BCUT2D eigenvalue weighted by Crippen LogP contribution is 2.35. The number of carbonyl (C=O) groups excluding carboxylic acids is 1. The van der Waals surface area contributed by atoms with Gasteiger partial charge in [0.15, 0.2) is 0 Å². The van der Waals surface area contributed by atoms with E-state index in [-0.39, 0.29) is 5.91 Å². The van der Waals surface area contributed by atoms with E-state index in [1.54, 1.807) is 36.7 Å². The van der Waals surface area contributed by atoms with Gasteiger partial charge in [-0.1, -0.05) is 0 Å². The second-order valence-electron chi connectivity index (χ2n) is 3.88. The Morgan fingerprint density at radius 1 is 1.15 bits per heavy atom. The summed E-state index contributed by atoms with van der Waals surface area (Å²) in [7, 11) is 3.06. The van der Waals surface area contributed by atoms with Crippen molar-refractivity contribution in [2.24, 2.45) is 0 Å². The molecule has 20 heavy (non-hydrogen) atoms. The van der Waals surface area contributed by atoms with Crippen LogP contribution in [0.25, 0.3) is 0 Å². The maximum absolute atomic E-state index is 12.2. The van der Waals surface area contributed by atoms with Crippen LogP contribution in [0.2, 0.25) is 0 Å². The normalized spacial score (nSPS) is 9.95. The van der Waals surface area contributed by atoms with Gasteiger partial charge >= 0.3 is 0 Å². The van der Waals surface area contributed by atoms with Crippen LogP contribution < -0.4 is 14.8 Å².